The van der Waals surface area contributed by atoms with Gasteiger partial charge in [0.05, 0.1) is 0 Å². The second-order valence-corrected chi connectivity index (χ2v) is 8.18. The maximum Gasteiger partial charge on any atom is 0.251 e. The molecule has 1 fully saturated rings. The molecular formula is C23H26N2O4. The van der Waals surface area contributed by atoms with Gasteiger partial charge in [0.15, 0.2) is 5.78 Å². The summed E-state index contributed by atoms with van der Waals surface area (Å²) in [6, 6.07) is 10.0. The Morgan fingerprint density at radius 3 is 2.52 bits per heavy atom. The molecule has 1 aliphatic carbocycles. The van der Waals surface area contributed by atoms with E-state index in [1.54, 1.807) is 26.0 Å². The molecule has 0 spiro atoms. The van der Waals surface area contributed by atoms with Crippen LogP contribution >= 0.6 is 0 Å². The lowest BCUT2D eigenvalue weighted by Gasteiger charge is -2.29. The van der Waals surface area contributed by atoms with E-state index in [1.807, 2.05) is 24.3 Å². The van der Waals surface area contributed by atoms with Crippen molar-refractivity contribution in [2.45, 2.75) is 31.8 Å². The molecule has 29 heavy (non-hydrogen) atoms. The molecular weight excluding hydrogens is 368 g/mol. The molecule has 5 N–H and O–H groups in total. The van der Waals surface area contributed by atoms with Crippen molar-refractivity contribution in [1.82, 2.24) is 5.32 Å². The normalized spacial score (nSPS) is 19.2. The van der Waals surface area contributed by atoms with E-state index in [4.69, 9.17) is 15.9 Å². The van der Waals surface area contributed by atoms with Crippen LogP contribution in [0.1, 0.15) is 36.2 Å². The second kappa shape index (κ2) is 8.34. The van der Waals surface area contributed by atoms with E-state index >= 15 is 0 Å². The third-order valence-corrected chi connectivity index (χ3v) is 5.16. The zero-order valence-electron chi connectivity index (χ0n) is 16.6. The van der Waals surface area contributed by atoms with Crippen LogP contribution in [-0.2, 0) is 4.79 Å². The van der Waals surface area contributed by atoms with E-state index in [9.17, 15) is 9.59 Å². The van der Waals surface area contributed by atoms with Crippen LogP contribution in [0.3, 0.4) is 0 Å². The largest absolute Gasteiger partial charge is 0.396 e. The van der Waals surface area contributed by atoms with Gasteiger partial charge in [-0.15, -0.1) is 0 Å². The molecule has 0 radical (unpaired) electrons. The summed E-state index contributed by atoms with van der Waals surface area (Å²) in [4.78, 5) is 24.6. The quantitative estimate of drug-likeness (QED) is 0.550. The van der Waals surface area contributed by atoms with Crippen LogP contribution in [0.15, 0.2) is 36.4 Å². The van der Waals surface area contributed by atoms with Crippen molar-refractivity contribution < 1.29 is 19.8 Å². The third-order valence-electron chi connectivity index (χ3n) is 5.16. The summed E-state index contributed by atoms with van der Waals surface area (Å²) in [5.41, 5.74) is 6.27. The molecule has 6 heteroatoms. The van der Waals surface area contributed by atoms with Crippen molar-refractivity contribution in [3.8, 4) is 11.8 Å². The van der Waals surface area contributed by atoms with Gasteiger partial charge in [-0.3, -0.25) is 9.59 Å². The summed E-state index contributed by atoms with van der Waals surface area (Å²) in [5.74, 6) is 5.96. The van der Waals surface area contributed by atoms with E-state index in [0.717, 1.165) is 22.8 Å². The van der Waals surface area contributed by atoms with Crippen LogP contribution in [0.2, 0.25) is 0 Å². The van der Waals surface area contributed by atoms with Crippen molar-refractivity contribution in [1.29, 1.82) is 0 Å². The molecule has 1 aliphatic rings. The minimum atomic E-state index is -1.00. The van der Waals surface area contributed by atoms with Gasteiger partial charge in [0.2, 0.25) is 0 Å². The number of nitrogens with one attached hydrogen (secondary N) is 1. The molecule has 6 nitrogen and oxygen atoms in total. The number of ketones is 1. The fourth-order valence-corrected chi connectivity index (χ4v) is 3.25. The lowest BCUT2D eigenvalue weighted by molar-refractivity contribution is -0.124. The van der Waals surface area contributed by atoms with Crippen LogP contribution in [-0.4, -0.2) is 46.7 Å². The number of benzene rings is 2. The van der Waals surface area contributed by atoms with Crippen LogP contribution in [0, 0.1) is 23.7 Å². The van der Waals surface area contributed by atoms with Crippen molar-refractivity contribution in [3.63, 3.8) is 0 Å². The van der Waals surface area contributed by atoms with Crippen molar-refractivity contribution in [2.24, 2.45) is 17.6 Å². The van der Waals surface area contributed by atoms with Gasteiger partial charge < -0.3 is 21.3 Å². The second-order valence-electron chi connectivity index (χ2n) is 8.18. The standard InChI is InChI=1S/C23H26N2O4/c1-23(2,24)21(20(28)13-27)25-22(29)18-8-7-15-9-14(3-5-16(15)10-18)4-6-17-11-19(17)12-26/h3,5,7-10,17,19,21,26-27H,11-13,24H2,1-2H3,(H,25,29)/t17-,19?,21+/m0/s1. The van der Waals surface area contributed by atoms with Gasteiger partial charge in [-0.1, -0.05) is 24.0 Å². The Bertz CT molecular complexity index is 997. The molecule has 1 amide bonds. The van der Waals surface area contributed by atoms with Gasteiger partial charge in [0.25, 0.3) is 5.91 Å². The number of hydrogen-bond acceptors (Lipinski definition) is 5. The van der Waals surface area contributed by atoms with Crippen molar-refractivity contribution in [3.05, 3.63) is 47.5 Å². The zero-order valence-corrected chi connectivity index (χ0v) is 16.6. The highest BCUT2D eigenvalue weighted by atomic mass is 16.3. The van der Waals surface area contributed by atoms with Crippen LogP contribution in [0.25, 0.3) is 10.8 Å². The van der Waals surface area contributed by atoms with Gasteiger partial charge in [0, 0.05) is 29.2 Å². The molecule has 1 unspecified atom stereocenters. The third kappa shape index (κ3) is 5.01. The van der Waals surface area contributed by atoms with Gasteiger partial charge in [-0.05, 0) is 61.2 Å². The molecule has 0 aliphatic heterocycles. The number of nitrogens with two attached hydrogens (primary N) is 1. The van der Waals surface area contributed by atoms with E-state index in [1.165, 1.54) is 0 Å². The number of fused-ring (bicyclic) bond motifs is 1. The predicted octanol–water partition coefficient (Wildman–Crippen LogP) is 1.22. The minimum Gasteiger partial charge on any atom is -0.396 e. The number of carbonyl (C=O) groups excluding carboxylic acids is 2. The topological polar surface area (TPSA) is 113 Å². The van der Waals surface area contributed by atoms with E-state index in [2.05, 4.69) is 17.2 Å². The Morgan fingerprint density at radius 1 is 1.21 bits per heavy atom. The number of hydrogen-bond donors (Lipinski definition) is 4. The summed E-state index contributed by atoms with van der Waals surface area (Å²) < 4.78 is 0. The average Bonchev–Trinajstić information content (AvgIpc) is 3.47. The summed E-state index contributed by atoms with van der Waals surface area (Å²) in [7, 11) is 0. The SMILES string of the molecule is CC(C)(N)[C@H](NC(=O)c1ccc2cc(C#C[C@H]3CC3CO)ccc2c1)C(=O)CO. The molecule has 0 aromatic heterocycles. The molecule has 1 saturated carbocycles. The van der Waals surface area contributed by atoms with E-state index < -0.39 is 29.9 Å². The lowest BCUT2D eigenvalue weighted by atomic mass is 9.92. The summed E-state index contributed by atoms with van der Waals surface area (Å²) >= 11 is 0. The first-order valence-electron chi connectivity index (χ1n) is 9.62. The smallest absolute Gasteiger partial charge is 0.251 e. The number of carbonyl (C=O) groups is 2. The minimum absolute atomic E-state index is 0.188. The Hall–Kier alpha value is -2.72. The first kappa shape index (κ1) is 21.0. The number of aliphatic hydroxyl groups excluding tert-OH is 2. The number of aliphatic hydroxyl groups is 2. The first-order chi connectivity index (χ1) is 13.7. The molecule has 0 heterocycles. The molecule has 3 atom stereocenters. The number of amides is 1. The maximum absolute atomic E-state index is 12.6. The molecule has 152 valence electrons. The summed E-state index contributed by atoms with van der Waals surface area (Å²) in [6.45, 7) is 2.75. The van der Waals surface area contributed by atoms with Gasteiger partial charge in [0.1, 0.15) is 12.6 Å². The van der Waals surface area contributed by atoms with Crippen LogP contribution < -0.4 is 11.1 Å². The molecule has 2 aromatic rings. The lowest BCUT2D eigenvalue weighted by Crippen LogP contribution is -2.59. The van der Waals surface area contributed by atoms with Gasteiger partial charge in [-0.25, -0.2) is 0 Å². The number of Topliss-reactive ketones (excluding diaryl/α,β-unsaturated/α-hetero) is 1. The van der Waals surface area contributed by atoms with Crippen LogP contribution in [0.4, 0.5) is 0 Å². The maximum atomic E-state index is 12.6. The highest BCUT2D eigenvalue weighted by molar-refractivity contribution is 6.01. The van der Waals surface area contributed by atoms with Gasteiger partial charge >= 0.3 is 0 Å². The predicted molar refractivity (Wildman–Crippen MR) is 111 cm³/mol. The average molecular weight is 394 g/mol. The highest BCUT2D eigenvalue weighted by Crippen LogP contribution is 2.37. The molecule has 2 aromatic carbocycles. The summed E-state index contributed by atoms with van der Waals surface area (Å²) in [5, 5.41) is 22.7. The van der Waals surface area contributed by atoms with Crippen molar-refractivity contribution >= 4 is 22.5 Å². The fraction of sp³-hybridized carbons (Fsp3) is 0.391. The Labute approximate surface area is 170 Å². The first-order valence-corrected chi connectivity index (χ1v) is 9.62. The van der Waals surface area contributed by atoms with Crippen molar-refractivity contribution in [2.75, 3.05) is 13.2 Å². The Kier molecular flexibility index (Phi) is 6.04. The molecule has 3 rings (SSSR count). The highest BCUT2D eigenvalue weighted by Gasteiger charge is 2.34. The zero-order chi connectivity index (χ0) is 21.2. The Balaban J connectivity index is 1.77. The molecule has 0 bridgehead atoms. The van der Waals surface area contributed by atoms with E-state index in [0.29, 0.717) is 11.5 Å². The number of rotatable bonds is 6. The monoisotopic (exact) mass is 394 g/mol. The fourth-order valence-electron chi connectivity index (χ4n) is 3.25. The van der Waals surface area contributed by atoms with Gasteiger partial charge in [-0.2, -0.15) is 0 Å². The summed E-state index contributed by atoms with van der Waals surface area (Å²) in [6.07, 6.45) is 0.953. The van der Waals surface area contributed by atoms with E-state index in [-0.39, 0.29) is 12.5 Å². The Morgan fingerprint density at radius 2 is 1.90 bits per heavy atom. The van der Waals surface area contributed by atoms with Crippen LogP contribution in [0.5, 0.6) is 0 Å². The molecule has 0 saturated heterocycles.